The van der Waals surface area contributed by atoms with E-state index in [-0.39, 0.29) is 5.56 Å². The molecule has 0 aliphatic carbocycles. The van der Waals surface area contributed by atoms with E-state index in [2.05, 4.69) is 46.6 Å². The van der Waals surface area contributed by atoms with Gasteiger partial charge in [0, 0.05) is 32.3 Å². The largest absolute Gasteiger partial charge is 0.358 e. The van der Waals surface area contributed by atoms with Crippen LogP contribution in [0.1, 0.15) is 24.0 Å². The van der Waals surface area contributed by atoms with E-state index in [0.717, 1.165) is 25.9 Å². The second-order valence-electron chi connectivity index (χ2n) is 6.22. The molecule has 0 spiro atoms. The number of halogens is 1. The van der Waals surface area contributed by atoms with Crippen LogP contribution in [0.3, 0.4) is 0 Å². The summed E-state index contributed by atoms with van der Waals surface area (Å²) in [5.41, 5.74) is 4.07. The van der Waals surface area contributed by atoms with Gasteiger partial charge in [-0.15, -0.1) is 0 Å². The van der Waals surface area contributed by atoms with Crippen LogP contribution in [0.2, 0.25) is 0 Å². The quantitative estimate of drug-likeness (QED) is 0.443. The molecule has 2 aromatic heterocycles. The van der Waals surface area contributed by atoms with Gasteiger partial charge in [0.15, 0.2) is 0 Å². The third kappa shape index (κ3) is 2.86. The molecule has 0 aliphatic rings. The third-order valence-electron chi connectivity index (χ3n) is 4.60. The Labute approximate surface area is 164 Å². The highest BCUT2D eigenvalue weighted by Gasteiger charge is 2.09. The fourth-order valence-electron chi connectivity index (χ4n) is 3.31. The molecule has 0 fully saturated rings. The highest BCUT2D eigenvalue weighted by atomic mass is 127. The van der Waals surface area contributed by atoms with Gasteiger partial charge in [-0.25, -0.2) is 4.98 Å². The maximum atomic E-state index is 12.9. The van der Waals surface area contributed by atoms with E-state index in [9.17, 15) is 4.79 Å². The van der Waals surface area contributed by atoms with Crippen molar-refractivity contribution >= 4 is 56.5 Å². The predicted octanol–water partition coefficient (Wildman–Crippen LogP) is 4.98. The fraction of sp³-hybridized carbons (Fsp3) is 0.143. The van der Waals surface area contributed by atoms with Crippen LogP contribution < -0.4 is 5.56 Å². The minimum Gasteiger partial charge on any atom is -0.358 e. The van der Waals surface area contributed by atoms with Crippen LogP contribution in [0.4, 0.5) is 0 Å². The molecule has 4 nitrogen and oxygen atoms in total. The zero-order valence-electron chi connectivity index (χ0n) is 14.6. The molecule has 4 rings (SSSR count). The standard InChI is InChI=1S/C21H18IN3O/c1-3-25-20(24-19-10-8-14(22)12-17(19)21(25)26)11-9-15-13(2)23-18-7-5-4-6-16(15)18/h4-12,23H,3H2,1-2H3/b11-9+. The zero-order valence-corrected chi connectivity index (χ0v) is 16.7. The smallest absolute Gasteiger partial charge is 0.261 e. The highest BCUT2D eigenvalue weighted by molar-refractivity contribution is 14.1. The molecule has 1 N–H and O–H groups in total. The van der Waals surface area contributed by atoms with Crippen molar-refractivity contribution in [3.8, 4) is 0 Å². The summed E-state index contributed by atoms with van der Waals surface area (Å²) in [5.74, 6) is 0.677. The lowest BCUT2D eigenvalue weighted by molar-refractivity contribution is 0.708. The van der Waals surface area contributed by atoms with Crippen LogP contribution in [-0.4, -0.2) is 14.5 Å². The first-order chi connectivity index (χ1) is 12.6. The molecule has 0 bridgehead atoms. The van der Waals surface area contributed by atoms with E-state index >= 15 is 0 Å². The number of benzene rings is 2. The molecular formula is C21H18IN3O. The number of fused-ring (bicyclic) bond motifs is 2. The van der Waals surface area contributed by atoms with Crippen molar-refractivity contribution < 1.29 is 0 Å². The molecule has 4 aromatic rings. The van der Waals surface area contributed by atoms with E-state index < -0.39 is 0 Å². The first kappa shape index (κ1) is 17.0. The summed E-state index contributed by atoms with van der Waals surface area (Å²) in [7, 11) is 0. The number of nitrogens with zero attached hydrogens (tertiary/aromatic N) is 2. The van der Waals surface area contributed by atoms with Gasteiger partial charge in [-0.05, 0) is 72.9 Å². The van der Waals surface area contributed by atoms with E-state index in [1.807, 2.05) is 49.4 Å². The van der Waals surface area contributed by atoms with Crippen LogP contribution in [0, 0.1) is 10.5 Å². The second-order valence-corrected chi connectivity index (χ2v) is 7.47. The van der Waals surface area contributed by atoms with Gasteiger partial charge in [0.1, 0.15) is 5.82 Å². The molecule has 0 saturated heterocycles. The van der Waals surface area contributed by atoms with Crippen molar-refractivity contribution in [2.24, 2.45) is 0 Å². The van der Waals surface area contributed by atoms with Gasteiger partial charge in [0.2, 0.25) is 0 Å². The lowest BCUT2D eigenvalue weighted by atomic mass is 10.1. The Hall–Kier alpha value is -2.41. The Morgan fingerprint density at radius 1 is 1.15 bits per heavy atom. The van der Waals surface area contributed by atoms with Gasteiger partial charge in [-0.2, -0.15) is 0 Å². The van der Waals surface area contributed by atoms with Crippen molar-refractivity contribution in [2.75, 3.05) is 0 Å². The first-order valence-corrected chi connectivity index (χ1v) is 9.62. The van der Waals surface area contributed by atoms with E-state index in [4.69, 9.17) is 4.98 Å². The Balaban J connectivity index is 1.89. The van der Waals surface area contributed by atoms with Gasteiger partial charge in [0.25, 0.3) is 5.56 Å². The maximum absolute atomic E-state index is 12.9. The molecule has 0 unspecified atom stereocenters. The molecule has 2 heterocycles. The predicted molar refractivity (Wildman–Crippen MR) is 116 cm³/mol. The van der Waals surface area contributed by atoms with Gasteiger partial charge in [-0.3, -0.25) is 9.36 Å². The molecule has 0 saturated carbocycles. The summed E-state index contributed by atoms with van der Waals surface area (Å²) in [6, 6.07) is 14.0. The number of aromatic amines is 1. The lowest BCUT2D eigenvalue weighted by Crippen LogP contribution is -2.23. The van der Waals surface area contributed by atoms with Crippen LogP contribution in [0.5, 0.6) is 0 Å². The van der Waals surface area contributed by atoms with Crippen LogP contribution in [0.15, 0.2) is 47.3 Å². The molecule has 26 heavy (non-hydrogen) atoms. The monoisotopic (exact) mass is 455 g/mol. The molecule has 0 amide bonds. The average molecular weight is 455 g/mol. The first-order valence-electron chi connectivity index (χ1n) is 8.54. The van der Waals surface area contributed by atoms with Crippen LogP contribution in [0.25, 0.3) is 34.0 Å². The summed E-state index contributed by atoms with van der Waals surface area (Å²) < 4.78 is 2.76. The minimum absolute atomic E-state index is 0.00585. The van der Waals surface area contributed by atoms with Gasteiger partial charge in [-0.1, -0.05) is 18.2 Å². The van der Waals surface area contributed by atoms with Crippen LogP contribution >= 0.6 is 22.6 Å². The molecule has 0 radical (unpaired) electrons. The van der Waals surface area contributed by atoms with E-state index in [0.29, 0.717) is 17.8 Å². The topological polar surface area (TPSA) is 50.7 Å². The maximum Gasteiger partial charge on any atom is 0.261 e. The number of hydrogen-bond donors (Lipinski definition) is 1. The molecule has 130 valence electrons. The molecular weight excluding hydrogens is 437 g/mol. The summed E-state index contributed by atoms with van der Waals surface area (Å²) >= 11 is 2.22. The van der Waals surface area contributed by atoms with Crippen LogP contribution in [-0.2, 0) is 6.54 Å². The number of para-hydroxylation sites is 1. The SMILES string of the molecule is CCn1c(/C=C/c2c(C)[nH]c3ccccc23)nc2ccc(I)cc2c1=O. The number of aromatic nitrogens is 3. The van der Waals surface area contributed by atoms with Gasteiger partial charge in [0.05, 0.1) is 10.9 Å². The highest BCUT2D eigenvalue weighted by Crippen LogP contribution is 2.24. The normalized spacial score (nSPS) is 11.8. The van der Waals surface area contributed by atoms with Crippen molar-refractivity contribution in [2.45, 2.75) is 20.4 Å². The van der Waals surface area contributed by atoms with Crippen molar-refractivity contribution in [1.29, 1.82) is 0 Å². The number of hydrogen-bond acceptors (Lipinski definition) is 2. The fourth-order valence-corrected chi connectivity index (χ4v) is 3.81. The van der Waals surface area contributed by atoms with E-state index in [1.165, 1.54) is 5.39 Å². The molecule has 5 heteroatoms. The third-order valence-corrected chi connectivity index (χ3v) is 5.28. The Morgan fingerprint density at radius 3 is 2.77 bits per heavy atom. The Bertz CT molecular complexity index is 1220. The Morgan fingerprint density at radius 2 is 1.96 bits per heavy atom. The summed E-state index contributed by atoms with van der Waals surface area (Å²) in [6.45, 7) is 4.61. The van der Waals surface area contributed by atoms with Gasteiger partial charge < -0.3 is 4.98 Å². The number of nitrogens with one attached hydrogen (secondary N) is 1. The summed E-state index contributed by atoms with van der Waals surface area (Å²) in [4.78, 5) is 21.0. The van der Waals surface area contributed by atoms with Crippen molar-refractivity contribution in [3.63, 3.8) is 0 Å². The molecule has 0 atom stereocenters. The summed E-state index contributed by atoms with van der Waals surface area (Å²) in [6.07, 6.45) is 3.98. The lowest BCUT2D eigenvalue weighted by Gasteiger charge is -2.09. The molecule has 0 aliphatic heterocycles. The minimum atomic E-state index is 0.00585. The number of H-pyrrole nitrogens is 1. The van der Waals surface area contributed by atoms with E-state index in [1.54, 1.807) is 4.57 Å². The van der Waals surface area contributed by atoms with Crippen molar-refractivity contribution in [3.05, 3.63) is 73.5 Å². The second kappa shape index (κ2) is 6.72. The van der Waals surface area contributed by atoms with Gasteiger partial charge >= 0.3 is 0 Å². The number of rotatable bonds is 3. The van der Waals surface area contributed by atoms with Crippen molar-refractivity contribution in [1.82, 2.24) is 14.5 Å². The average Bonchev–Trinajstić information content (AvgIpc) is 2.96. The Kier molecular flexibility index (Phi) is 4.40. The molecule has 2 aromatic carbocycles. The number of aryl methyl sites for hydroxylation is 1. The zero-order chi connectivity index (χ0) is 18.3. The summed E-state index contributed by atoms with van der Waals surface area (Å²) in [5, 5.41) is 1.83.